The number of benzene rings is 1. The third kappa shape index (κ3) is 5.74. The summed E-state index contributed by atoms with van der Waals surface area (Å²) in [6.45, 7) is 1.62. The standard InChI is InChI=1S/C27H29N7O3/c1-19-12-13-23(37-19)26-30-32-33(31-26)18-24(35)34(22-10-6-3-7-11-22)25(20-14-16-28-17-15-20)27(36)29-21-8-4-2-5-9-21/h3,6-7,10-17,21,25H,2,4-5,8-9,18H2,1H3,(H,29,36)/t25-/m1/s1. The number of amides is 2. The Bertz CT molecular complexity index is 1330. The zero-order valence-electron chi connectivity index (χ0n) is 20.7. The first-order valence-electron chi connectivity index (χ1n) is 12.5. The molecule has 1 fully saturated rings. The lowest BCUT2D eigenvalue weighted by molar-refractivity contribution is -0.127. The van der Waals surface area contributed by atoms with Gasteiger partial charge in [0.15, 0.2) is 5.76 Å². The molecule has 0 radical (unpaired) electrons. The van der Waals surface area contributed by atoms with Crippen LogP contribution in [0.3, 0.4) is 0 Å². The summed E-state index contributed by atoms with van der Waals surface area (Å²) in [5.74, 6) is 0.896. The summed E-state index contributed by atoms with van der Waals surface area (Å²) in [6.07, 6.45) is 8.47. The molecule has 1 saturated carbocycles. The average molecular weight is 500 g/mol. The van der Waals surface area contributed by atoms with Crippen molar-refractivity contribution in [2.45, 2.75) is 57.7 Å². The first-order chi connectivity index (χ1) is 18.1. The van der Waals surface area contributed by atoms with E-state index in [1.54, 1.807) is 30.6 Å². The summed E-state index contributed by atoms with van der Waals surface area (Å²) in [4.78, 5) is 34.5. The summed E-state index contributed by atoms with van der Waals surface area (Å²) >= 11 is 0. The molecular formula is C27H29N7O3. The van der Waals surface area contributed by atoms with Crippen LogP contribution in [0.1, 0.15) is 49.5 Å². The van der Waals surface area contributed by atoms with Crippen LogP contribution in [-0.4, -0.2) is 43.0 Å². The van der Waals surface area contributed by atoms with Gasteiger partial charge in [0.2, 0.25) is 11.7 Å². The Hall–Kier alpha value is -4.34. The van der Waals surface area contributed by atoms with Crippen molar-refractivity contribution >= 4 is 17.5 Å². The Morgan fingerprint density at radius 3 is 2.51 bits per heavy atom. The molecule has 190 valence electrons. The minimum absolute atomic E-state index is 0.0922. The maximum absolute atomic E-state index is 13.9. The normalized spacial score (nSPS) is 14.7. The van der Waals surface area contributed by atoms with Gasteiger partial charge in [-0.2, -0.15) is 4.80 Å². The van der Waals surface area contributed by atoms with Crippen LogP contribution in [0.15, 0.2) is 71.4 Å². The maximum Gasteiger partial charge on any atom is 0.251 e. The molecule has 0 aliphatic heterocycles. The van der Waals surface area contributed by atoms with Gasteiger partial charge in [-0.05, 0) is 66.9 Å². The van der Waals surface area contributed by atoms with Crippen LogP contribution >= 0.6 is 0 Å². The topological polar surface area (TPSA) is 119 Å². The molecule has 10 nitrogen and oxygen atoms in total. The number of pyridine rings is 1. The Kier molecular flexibility index (Phi) is 7.34. The highest BCUT2D eigenvalue weighted by molar-refractivity contribution is 6.01. The molecule has 1 aliphatic carbocycles. The van der Waals surface area contributed by atoms with E-state index in [9.17, 15) is 9.59 Å². The van der Waals surface area contributed by atoms with E-state index >= 15 is 0 Å². The highest BCUT2D eigenvalue weighted by atomic mass is 16.3. The van der Waals surface area contributed by atoms with Gasteiger partial charge >= 0.3 is 0 Å². The molecule has 37 heavy (non-hydrogen) atoms. The molecule has 1 atom stereocenters. The van der Waals surface area contributed by atoms with Gasteiger partial charge in [0, 0.05) is 24.1 Å². The van der Waals surface area contributed by atoms with Crippen LogP contribution in [0.4, 0.5) is 5.69 Å². The number of hydrogen-bond donors (Lipinski definition) is 1. The zero-order chi connectivity index (χ0) is 25.6. The van der Waals surface area contributed by atoms with Crippen LogP contribution in [0, 0.1) is 6.92 Å². The van der Waals surface area contributed by atoms with Gasteiger partial charge in [0.05, 0.1) is 0 Å². The van der Waals surface area contributed by atoms with Gasteiger partial charge < -0.3 is 9.73 Å². The molecule has 1 N–H and O–H groups in total. The summed E-state index contributed by atoms with van der Waals surface area (Å²) < 4.78 is 5.57. The third-order valence-electron chi connectivity index (χ3n) is 6.47. The van der Waals surface area contributed by atoms with E-state index in [1.165, 1.54) is 16.1 Å². The van der Waals surface area contributed by atoms with Crippen molar-refractivity contribution in [3.8, 4) is 11.6 Å². The first-order valence-corrected chi connectivity index (χ1v) is 12.5. The van der Waals surface area contributed by atoms with Crippen molar-refractivity contribution in [1.82, 2.24) is 30.5 Å². The van der Waals surface area contributed by atoms with Crippen molar-refractivity contribution in [2.24, 2.45) is 0 Å². The van der Waals surface area contributed by atoms with E-state index in [0.29, 0.717) is 17.0 Å². The number of tetrazole rings is 1. The highest BCUT2D eigenvalue weighted by Gasteiger charge is 2.34. The predicted molar refractivity (Wildman–Crippen MR) is 136 cm³/mol. The zero-order valence-corrected chi connectivity index (χ0v) is 20.7. The van der Waals surface area contributed by atoms with Gasteiger partial charge in [-0.1, -0.05) is 37.5 Å². The predicted octanol–water partition coefficient (Wildman–Crippen LogP) is 3.86. The molecule has 3 heterocycles. The van der Waals surface area contributed by atoms with E-state index in [-0.39, 0.29) is 30.2 Å². The molecular weight excluding hydrogens is 470 g/mol. The van der Waals surface area contributed by atoms with E-state index in [4.69, 9.17) is 4.42 Å². The van der Waals surface area contributed by atoms with Crippen molar-refractivity contribution < 1.29 is 14.0 Å². The second kappa shape index (κ2) is 11.2. The summed E-state index contributed by atoms with van der Waals surface area (Å²) in [6, 6.07) is 15.5. The lowest BCUT2D eigenvalue weighted by Gasteiger charge is -2.33. The van der Waals surface area contributed by atoms with Gasteiger partial charge in [-0.25, -0.2) is 0 Å². The molecule has 1 aromatic carbocycles. The minimum Gasteiger partial charge on any atom is -0.458 e. The third-order valence-corrected chi connectivity index (χ3v) is 6.47. The number of rotatable bonds is 8. The molecule has 2 amide bonds. The van der Waals surface area contributed by atoms with Gasteiger partial charge in [0.1, 0.15) is 18.3 Å². The summed E-state index contributed by atoms with van der Waals surface area (Å²) in [5, 5.41) is 15.6. The molecule has 3 aromatic heterocycles. The number of hydrogen-bond acceptors (Lipinski definition) is 7. The lowest BCUT2D eigenvalue weighted by Crippen LogP contribution is -2.48. The van der Waals surface area contributed by atoms with Crippen LogP contribution in [0.25, 0.3) is 11.6 Å². The Morgan fingerprint density at radius 2 is 1.81 bits per heavy atom. The molecule has 0 saturated heterocycles. The van der Waals surface area contributed by atoms with E-state index in [2.05, 4.69) is 25.7 Å². The molecule has 5 rings (SSSR count). The minimum atomic E-state index is -0.893. The second-order valence-corrected chi connectivity index (χ2v) is 9.18. The van der Waals surface area contributed by atoms with E-state index in [1.807, 2.05) is 43.3 Å². The van der Waals surface area contributed by atoms with Crippen LogP contribution in [0.2, 0.25) is 0 Å². The molecule has 4 aromatic rings. The Labute approximate surface area is 214 Å². The number of nitrogens with one attached hydrogen (secondary N) is 1. The largest absolute Gasteiger partial charge is 0.458 e. The second-order valence-electron chi connectivity index (χ2n) is 9.18. The monoisotopic (exact) mass is 499 g/mol. The fraction of sp³-hybridized carbons (Fsp3) is 0.333. The van der Waals surface area contributed by atoms with Crippen molar-refractivity contribution in [3.63, 3.8) is 0 Å². The number of carbonyl (C=O) groups is 2. The molecule has 10 heteroatoms. The molecule has 0 bridgehead atoms. The van der Waals surface area contributed by atoms with Crippen molar-refractivity contribution in [3.05, 3.63) is 78.3 Å². The fourth-order valence-electron chi connectivity index (χ4n) is 4.68. The van der Waals surface area contributed by atoms with Gasteiger partial charge in [0.25, 0.3) is 5.91 Å². The Morgan fingerprint density at radius 1 is 1.05 bits per heavy atom. The number of aromatic nitrogens is 5. The SMILES string of the molecule is Cc1ccc(-c2nnn(CC(=O)N(c3ccccc3)[C@@H](C(=O)NC3CCCCC3)c3ccncc3)n2)o1. The van der Waals surface area contributed by atoms with Crippen molar-refractivity contribution in [2.75, 3.05) is 4.90 Å². The summed E-state index contributed by atoms with van der Waals surface area (Å²) in [7, 11) is 0. The van der Waals surface area contributed by atoms with Crippen LogP contribution in [0.5, 0.6) is 0 Å². The smallest absolute Gasteiger partial charge is 0.251 e. The number of carbonyl (C=O) groups excluding carboxylic acids is 2. The van der Waals surface area contributed by atoms with Crippen LogP contribution < -0.4 is 10.2 Å². The van der Waals surface area contributed by atoms with Gasteiger partial charge in [-0.15, -0.1) is 10.2 Å². The number of para-hydroxylation sites is 1. The number of anilines is 1. The Balaban J connectivity index is 1.46. The fourth-order valence-corrected chi connectivity index (χ4v) is 4.68. The summed E-state index contributed by atoms with van der Waals surface area (Å²) in [5.41, 5.74) is 1.26. The average Bonchev–Trinajstić information content (AvgIpc) is 3.57. The first kappa shape index (κ1) is 24.4. The molecule has 0 spiro atoms. The quantitative estimate of drug-likeness (QED) is 0.391. The van der Waals surface area contributed by atoms with E-state index < -0.39 is 6.04 Å². The molecule has 0 unspecified atom stereocenters. The number of furan rings is 1. The highest BCUT2D eigenvalue weighted by Crippen LogP contribution is 2.29. The van der Waals surface area contributed by atoms with Crippen LogP contribution in [-0.2, 0) is 16.1 Å². The van der Waals surface area contributed by atoms with E-state index in [0.717, 1.165) is 31.4 Å². The molecule has 1 aliphatic rings. The maximum atomic E-state index is 13.9. The van der Waals surface area contributed by atoms with Crippen molar-refractivity contribution in [1.29, 1.82) is 0 Å². The number of nitrogens with zero attached hydrogens (tertiary/aromatic N) is 6. The lowest BCUT2D eigenvalue weighted by atomic mass is 9.94. The van der Waals surface area contributed by atoms with Gasteiger partial charge in [-0.3, -0.25) is 19.5 Å². The number of aryl methyl sites for hydroxylation is 1.